The molecule has 9 aromatic rings. The first-order chi connectivity index (χ1) is 37.9. The number of allylic oxidation sites excluding steroid dienone is 16. The predicted molar refractivity (Wildman–Crippen MR) is 333 cm³/mol. The van der Waals surface area contributed by atoms with Crippen LogP contribution in [0.2, 0.25) is 0 Å². The van der Waals surface area contributed by atoms with E-state index in [4.69, 9.17) is 0 Å². The smallest absolute Gasteiger partial charge is 0.0541 e. The van der Waals surface area contributed by atoms with E-state index in [2.05, 4.69) is 287 Å². The highest BCUT2D eigenvalue weighted by Crippen LogP contribution is 2.41. The lowest BCUT2D eigenvalue weighted by Crippen LogP contribution is -2.30. The molecular weight excluding hydrogens is 927 g/mol. The Morgan fingerprint density at radius 2 is 1.29 bits per heavy atom. The maximum Gasteiger partial charge on any atom is 0.0541 e. The highest BCUT2D eigenvalue weighted by molar-refractivity contribution is 6.10. The van der Waals surface area contributed by atoms with Crippen LogP contribution in [0.4, 0.5) is 0 Å². The molecule has 1 aromatic heterocycles. The minimum absolute atomic E-state index is 0.114. The van der Waals surface area contributed by atoms with Gasteiger partial charge in [-0.1, -0.05) is 246 Å². The Balaban J connectivity index is 0.00000312. The van der Waals surface area contributed by atoms with Gasteiger partial charge in [0.05, 0.1) is 11.0 Å². The molecule has 0 spiro atoms. The fourth-order valence-electron chi connectivity index (χ4n) is 12.1. The quantitative estimate of drug-likeness (QED) is 0.111. The zero-order valence-electron chi connectivity index (χ0n) is 45.5. The lowest BCUT2D eigenvalue weighted by molar-refractivity contribution is 0.574. The van der Waals surface area contributed by atoms with Crippen molar-refractivity contribution in [2.75, 3.05) is 0 Å². The van der Waals surface area contributed by atoms with Crippen molar-refractivity contribution < 1.29 is 0 Å². The summed E-state index contributed by atoms with van der Waals surface area (Å²) in [5.74, 6) is 0.532. The Kier molecular flexibility index (Phi) is 15.0. The minimum atomic E-state index is 0.114. The normalized spacial score (nSPS) is 19.7. The SMILES string of the molecule is CC.C\C=C/C=C\C1=C\C(C)C(C)/C(=C\C=C(/C)C2=c3ccccc3=C(c3ccccc3)C3=CC2/C=C\C/C=C\3)c2ccc(-n3c4ccccc4c4cc(-c5ccc6ccccc6c5)ccc43)cc2CCc2ccccc21. The topological polar surface area (TPSA) is 4.93 Å². The number of fused-ring (bicyclic) bond motifs is 8. The van der Waals surface area contributed by atoms with Crippen LogP contribution in [0.5, 0.6) is 0 Å². The van der Waals surface area contributed by atoms with E-state index in [-0.39, 0.29) is 17.8 Å². The van der Waals surface area contributed by atoms with Gasteiger partial charge < -0.3 is 4.57 Å². The van der Waals surface area contributed by atoms with Crippen LogP contribution in [0.15, 0.2) is 266 Å². The standard InChI is InChI=1S/C74H63N.C2H6/c1-5-6-9-27-59-45-51(3)52(4)64(42-35-50(2)73-61-28-12-8-13-29-62(47-61)74(55-24-10-7-11-25-55)69-33-19-18-32-68(69)73)66-43-41-63(48-60(66)39-37-54-23-16-17-30-65(54)59)75-71-34-21-20-31-67(71)70-49-58(40-44-72(70)75)57-38-36-53-22-14-15-26-56(53)46-57;1-2/h5-7,9-36,38,40-49,51-52,61H,8,37,39H2,1-4H3;1-2H3/b6-5-,27-9-,28-12-,29-13-,50-35+,59-45-,64-42+;. The summed E-state index contributed by atoms with van der Waals surface area (Å²) < 4.78 is 2.50. The summed E-state index contributed by atoms with van der Waals surface area (Å²) in [7, 11) is 0. The van der Waals surface area contributed by atoms with Crippen molar-refractivity contribution in [3.63, 3.8) is 0 Å². The number of rotatable bonds is 7. The van der Waals surface area contributed by atoms with Gasteiger partial charge in [-0.05, 0) is 175 Å². The summed E-state index contributed by atoms with van der Waals surface area (Å²) in [6.45, 7) is 13.3. The highest BCUT2D eigenvalue weighted by Gasteiger charge is 2.25. The molecule has 0 saturated carbocycles. The molecule has 3 unspecified atom stereocenters. The largest absolute Gasteiger partial charge is 0.309 e. The molecule has 0 N–H and O–H groups in total. The lowest BCUT2D eigenvalue weighted by Gasteiger charge is -2.24. The first kappa shape index (κ1) is 50.6. The molecule has 0 radical (unpaired) electrons. The first-order valence-corrected chi connectivity index (χ1v) is 28.0. The van der Waals surface area contributed by atoms with E-state index in [1.807, 2.05) is 13.8 Å². The third kappa shape index (κ3) is 10.1. The summed E-state index contributed by atoms with van der Waals surface area (Å²) in [4.78, 5) is 0. The molecule has 0 fully saturated rings. The monoisotopic (exact) mass is 996 g/mol. The molecule has 12 rings (SSSR count). The summed E-state index contributed by atoms with van der Waals surface area (Å²) in [5.41, 5.74) is 20.5. The van der Waals surface area contributed by atoms with Gasteiger partial charge in [-0.3, -0.25) is 0 Å². The molecule has 378 valence electrons. The number of para-hydroxylation sites is 1. The van der Waals surface area contributed by atoms with Crippen molar-refractivity contribution in [2.24, 2.45) is 17.8 Å². The van der Waals surface area contributed by atoms with Gasteiger partial charge in [-0.15, -0.1) is 0 Å². The van der Waals surface area contributed by atoms with E-state index in [1.54, 1.807) is 0 Å². The van der Waals surface area contributed by atoms with Gasteiger partial charge in [-0.2, -0.15) is 0 Å². The van der Waals surface area contributed by atoms with Gasteiger partial charge in [0, 0.05) is 22.4 Å². The molecule has 77 heavy (non-hydrogen) atoms. The average Bonchev–Trinajstić information content (AvgIpc) is 3.77. The van der Waals surface area contributed by atoms with E-state index >= 15 is 0 Å². The number of benzene rings is 8. The number of aryl methyl sites for hydroxylation is 2. The molecule has 8 aromatic carbocycles. The third-order valence-corrected chi connectivity index (χ3v) is 16.1. The second kappa shape index (κ2) is 22.8. The van der Waals surface area contributed by atoms with Gasteiger partial charge in [0.25, 0.3) is 0 Å². The fraction of sp³-hybridized carbons (Fsp3) is 0.158. The summed E-state index contributed by atoms with van der Waals surface area (Å²) in [5, 5.41) is 7.61. The van der Waals surface area contributed by atoms with Crippen LogP contribution in [0.25, 0.3) is 71.7 Å². The molecular formula is C76H69N. The fourth-order valence-corrected chi connectivity index (χ4v) is 12.1. The van der Waals surface area contributed by atoms with Crippen molar-refractivity contribution >= 4 is 54.9 Å². The van der Waals surface area contributed by atoms with Gasteiger partial charge in [-0.25, -0.2) is 0 Å². The minimum Gasteiger partial charge on any atom is -0.309 e. The van der Waals surface area contributed by atoms with E-state index < -0.39 is 0 Å². The number of hydrogen-bond acceptors (Lipinski definition) is 0. The third-order valence-electron chi connectivity index (χ3n) is 16.1. The second-order valence-electron chi connectivity index (χ2n) is 20.7. The predicted octanol–water partition coefficient (Wildman–Crippen LogP) is 18.7. The molecule has 3 aliphatic rings. The number of nitrogens with zero attached hydrogens (tertiary/aromatic N) is 1. The van der Waals surface area contributed by atoms with E-state index in [9.17, 15) is 0 Å². The van der Waals surface area contributed by atoms with Crippen LogP contribution >= 0.6 is 0 Å². The van der Waals surface area contributed by atoms with Gasteiger partial charge in [0.1, 0.15) is 0 Å². The van der Waals surface area contributed by atoms with Crippen LogP contribution < -0.4 is 10.4 Å². The zero-order chi connectivity index (χ0) is 52.8. The number of aromatic nitrogens is 1. The van der Waals surface area contributed by atoms with Gasteiger partial charge >= 0.3 is 0 Å². The molecule has 1 heterocycles. The van der Waals surface area contributed by atoms with Crippen LogP contribution in [0, 0.1) is 17.8 Å². The van der Waals surface area contributed by atoms with E-state index in [0.29, 0.717) is 0 Å². The molecule has 2 bridgehead atoms. The Morgan fingerprint density at radius 3 is 2.14 bits per heavy atom. The first-order valence-electron chi connectivity index (χ1n) is 28.0. The molecule has 3 aliphatic carbocycles. The Bertz CT molecular complexity index is 4080. The van der Waals surface area contributed by atoms with Crippen molar-refractivity contribution in [3.05, 3.63) is 304 Å². The zero-order valence-corrected chi connectivity index (χ0v) is 45.5. The number of hydrogen-bond donors (Lipinski definition) is 0. The molecule has 0 aliphatic heterocycles. The van der Waals surface area contributed by atoms with Crippen LogP contribution in [-0.4, -0.2) is 4.57 Å². The lowest BCUT2D eigenvalue weighted by atomic mass is 9.81. The maximum atomic E-state index is 2.52. The molecule has 1 heteroatoms. The highest BCUT2D eigenvalue weighted by atomic mass is 15.0. The van der Waals surface area contributed by atoms with Gasteiger partial charge in [0.15, 0.2) is 0 Å². The maximum absolute atomic E-state index is 2.52. The molecule has 1 nitrogen and oxygen atoms in total. The Hall–Kier alpha value is -8.52. The van der Waals surface area contributed by atoms with E-state index in [0.717, 1.165) is 19.3 Å². The van der Waals surface area contributed by atoms with Gasteiger partial charge in [0.2, 0.25) is 0 Å². The van der Waals surface area contributed by atoms with Crippen molar-refractivity contribution in [1.82, 2.24) is 4.57 Å². The average molecular weight is 996 g/mol. The molecule has 3 atom stereocenters. The Morgan fingerprint density at radius 1 is 0.571 bits per heavy atom. The van der Waals surface area contributed by atoms with Crippen LogP contribution in [-0.2, 0) is 12.8 Å². The summed E-state index contributed by atoms with van der Waals surface area (Å²) in [6.07, 6.45) is 30.8. The Labute approximate surface area is 456 Å². The second-order valence-corrected chi connectivity index (χ2v) is 20.7. The van der Waals surface area contributed by atoms with Crippen molar-refractivity contribution in [2.45, 2.75) is 60.8 Å². The summed E-state index contributed by atoms with van der Waals surface area (Å²) in [6, 6.07) is 67.9. The van der Waals surface area contributed by atoms with Crippen molar-refractivity contribution in [3.8, 4) is 16.8 Å². The molecule has 0 amide bonds. The molecule has 0 saturated heterocycles. The van der Waals surface area contributed by atoms with Crippen LogP contribution in [0.3, 0.4) is 0 Å². The summed E-state index contributed by atoms with van der Waals surface area (Å²) >= 11 is 0. The van der Waals surface area contributed by atoms with Crippen LogP contribution in [0.1, 0.15) is 75.8 Å². The van der Waals surface area contributed by atoms with Crippen molar-refractivity contribution in [1.29, 1.82) is 0 Å². The van der Waals surface area contributed by atoms with E-state index in [1.165, 1.54) is 121 Å².